The number of nitrogens with zero attached hydrogens (tertiary/aromatic N) is 3. The summed E-state index contributed by atoms with van der Waals surface area (Å²) in [5.74, 6) is -0.343. The van der Waals surface area contributed by atoms with Crippen LogP contribution in [0.25, 0.3) is 10.9 Å². The van der Waals surface area contributed by atoms with Gasteiger partial charge in [0.15, 0.2) is 0 Å². The van der Waals surface area contributed by atoms with Crippen molar-refractivity contribution >= 4 is 29.3 Å². The van der Waals surface area contributed by atoms with Gasteiger partial charge in [-0.25, -0.2) is 9.59 Å². The lowest BCUT2D eigenvalue weighted by Gasteiger charge is -2.36. The number of fused-ring (bicyclic) bond motifs is 3. The summed E-state index contributed by atoms with van der Waals surface area (Å²) in [5.41, 5.74) is 4.43. The van der Waals surface area contributed by atoms with Crippen LogP contribution in [0.4, 0.5) is 4.79 Å². The van der Waals surface area contributed by atoms with Crippen molar-refractivity contribution < 1.29 is 19.1 Å². The van der Waals surface area contributed by atoms with Crippen LogP contribution in [0.5, 0.6) is 0 Å². The van der Waals surface area contributed by atoms with E-state index in [0.29, 0.717) is 25.1 Å². The number of amides is 3. The van der Waals surface area contributed by atoms with Crippen molar-refractivity contribution in [2.24, 2.45) is 0 Å². The molecule has 4 rings (SSSR count). The molecule has 34 heavy (non-hydrogen) atoms. The second-order valence-electron chi connectivity index (χ2n) is 9.78. The Bertz CT molecular complexity index is 1240. The molecule has 1 atom stereocenters. The van der Waals surface area contributed by atoms with Gasteiger partial charge in [0.1, 0.15) is 5.60 Å². The van der Waals surface area contributed by atoms with Gasteiger partial charge in [-0.3, -0.25) is 9.69 Å². The number of aromatic nitrogens is 1. The van der Waals surface area contributed by atoms with Crippen LogP contribution in [-0.2, 0) is 22.5 Å². The normalized spacial score (nSPS) is 15.7. The summed E-state index contributed by atoms with van der Waals surface area (Å²) in [7, 11) is 1.49. The monoisotopic (exact) mass is 461 g/mol. The van der Waals surface area contributed by atoms with Crippen molar-refractivity contribution in [2.45, 2.75) is 52.3 Å². The minimum absolute atomic E-state index is 0.188. The Hall–Kier alpha value is -3.61. The summed E-state index contributed by atoms with van der Waals surface area (Å²) in [5, 5.41) is 1.19. The smallest absolute Gasteiger partial charge is 0.338 e. The summed E-state index contributed by atoms with van der Waals surface area (Å²) < 4.78 is 7.72. The molecular formula is C27H31N3O4. The molecule has 0 radical (unpaired) electrons. The Morgan fingerprint density at radius 2 is 1.79 bits per heavy atom. The van der Waals surface area contributed by atoms with Gasteiger partial charge in [0.05, 0.1) is 11.6 Å². The molecule has 0 saturated heterocycles. The number of para-hydroxylation sites is 1. The third kappa shape index (κ3) is 4.42. The van der Waals surface area contributed by atoms with Crippen molar-refractivity contribution in [1.29, 1.82) is 0 Å². The van der Waals surface area contributed by atoms with Crippen LogP contribution in [0.2, 0.25) is 0 Å². The molecule has 0 spiro atoms. The number of carbonyl (C=O) groups is 3. The highest BCUT2D eigenvalue weighted by atomic mass is 16.6. The predicted octanol–water partition coefficient (Wildman–Crippen LogP) is 4.77. The van der Waals surface area contributed by atoms with Gasteiger partial charge >= 0.3 is 12.0 Å². The standard InChI is InChI=1S/C27H31N3O4/c1-18-24-22(14-15-29(18)26(33)28(5)17-31)21-8-6-7-9-23(21)30(24)16-19-10-12-20(13-11-19)25(32)34-27(2,3)4/h6-13,17-18H,14-16H2,1-5H3. The average Bonchev–Trinajstić information content (AvgIpc) is 3.12. The molecule has 178 valence electrons. The molecule has 0 saturated carbocycles. The van der Waals surface area contributed by atoms with Crippen molar-refractivity contribution in [1.82, 2.24) is 14.4 Å². The second kappa shape index (κ2) is 8.97. The Labute approximate surface area is 199 Å². The third-order valence-electron chi connectivity index (χ3n) is 6.22. The van der Waals surface area contributed by atoms with Crippen LogP contribution >= 0.6 is 0 Å². The highest BCUT2D eigenvalue weighted by Gasteiger charge is 2.33. The van der Waals surface area contributed by atoms with E-state index < -0.39 is 5.60 Å². The lowest BCUT2D eigenvalue weighted by molar-refractivity contribution is -0.115. The first-order valence-corrected chi connectivity index (χ1v) is 11.5. The van der Waals surface area contributed by atoms with Gasteiger partial charge < -0.3 is 14.2 Å². The zero-order chi connectivity index (χ0) is 24.6. The molecule has 0 bridgehead atoms. The van der Waals surface area contributed by atoms with Crippen molar-refractivity contribution in [3.05, 3.63) is 70.9 Å². The number of hydrogen-bond donors (Lipinski definition) is 0. The van der Waals surface area contributed by atoms with Crippen LogP contribution in [0.3, 0.4) is 0 Å². The number of rotatable bonds is 4. The molecule has 2 heterocycles. The van der Waals surface area contributed by atoms with E-state index in [4.69, 9.17) is 4.74 Å². The summed E-state index contributed by atoms with van der Waals surface area (Å²) in [6.07, 6.45) is 1.27. The zero-order valence-corrected chi connectivity index (χ0v) is 20.4. The molecule has 0 aliphatic carbocycles. The van der Waals surface area contributed by atoms with E-state index in [1.165, 1.54) is 18.0 Å². The summed E-state index contributed by atoms with van der Waals surface area (Å²) in [4.78, 5) is 39.2. The molecule has 0 fully saturated rings. The zero-order valence-electron chi connectivity index (χ0n) is 20.4. The molecular weight excluding hydrogens is 430 g/mol. The number of hydrogen-bond acceptors (Lipinski definition) is 4. The first kappa shape index (κ1) is 23.5. The van der Waals surface area contributed by atoms with Gasteiger partial charge in [0, 0.05) is 36.7 Å². The minimum atomic E-state index is -0.545. The van der Waals surface area contributed by atoms with Crippen LogP contribution in [0, 0.1) is 0 Å². The lowest BCUT2D eigenvalue weighted by Crippen LogP contribution is -2.45. The van der Waals surface area contributed by atoms with Gasteiger partial charge in [0.25, 0.3) is 0 Å². The number of esters is 1. The molecule has 1 unspecified atom stereocenters. The van der Waals surface area contributed by atoms with Crippen LogP contribution in [-0.4, -0.2) is 52.0 Å². The van der Waals surface area contributed by atoms with E-state index in [9.17, 15) is 14.4 Å². The minimum Gasteiger partial charge on any atom is -0.456 e. The lowest BCUT2D eigenvalue weighted by atomic mass is 9.98. The number of ether oxygens (including phenoxy) is 1. The summed E-state index contributed by atoms with van der Waals surface area (Å²) >= 11 is 0. The molecule has 3 amide bonds. The molecule has 1 aliphatic heterocycles. The molecule has 0 N–H and O–H groups in total. The van der Waals surface area contributed by atoms with E-state index >= 15 is 0 Å². The number of benzene rings is 2. The highest BCUT2D eigenvalue weighted by Crippen LogP contribution is 2.37. The van der Waals surface area contributed by atoms with Crippen molar-refractivity contribution in [2.75, 3.05) is 13.6 Å². The van der Waals surface area contributed by atoms with Gasteiger partial charge in [-0.1, -0.05) is 30.3 Å². The first-order chi connectivity index (χ1) is 16.1. The molecule has 3 aromatic rings. The van der Waals surface area contributed by atoms with Crippen LogP contribution in [0.1, 0.15) is 60.9 Å². The molecule has 7 heteroatoms. The third-order valence-corrected chi connectivity index (χ3v) is 6.22. The molecule has 2 aromatic carbocycles. The number of urea groups is 1. The van der Waals surface area contributed by atoms with Gasteiger partial charge in [-0.2, -0.15) is 0 Å². The highest BCUT2D eigenvalue weighted by molar-refractivity contribution is 5.90. The fourth-order valence-corrected chi connectivity index (χ4v) is 4.65. The largest absolute Gasteiger partial charge is 0.456 e. The van der Waals surface area contributed by atoms with E-state index in [0.717, 1.165) is 28.1 Å². The second-order valence-corrected chi connectivity index (χ2v) is 9.78. The maximum Gasteiger partial charge on any atom is 0.338 e. The van der Waals surface area contributed by atoms with Gasteiger partial charge in [0.2, 0.25) is 6.41 Å². The SMILES string of the molecule is CC1c2c(c3ccccc3n2Cc2ccc(C(=O)OC(C)(C)C)cc2)CCN1C(=O)N(C)C=O. The van der Waals surface area contributed by atoms with E-state index in [1.54, 1.807) is 17.0 Å². The summed E-state index contributed by atoms with van der Waals surface area (Å²) in [6.45, 7) is 8.71. The van der Waals surface area contributed by atoms with E-state index in [-0.39, 0.29) is 18.0 Å². The molecule has 7 nitrogen and oxygen atoms in total. The van der Waals surface area contributed by atoms with Gasteiger partial charge in [-0.15, -0.1) is 0 Å². The fraction of sp³-hybridized carbons (Fsp3) is 0.370. The molecule has 1 aromatic heterocycles. The Balaban J connectivity index is 1.69. The molecule has 1 aliphatic rings. The Morgan fingerprint density at radius 3 is 2.44 bits per heavy atom. The van der Waals surface area contributed by atoms with E-state index in [1.807, 2.05) is 52.0 Å². The topological polar surface area (TPSA) is 71.8 Å². The Kier molecular flexibility index (Phi) is 6.21. The van der Waals surface area contributed by atoms with Crippen LogP contribution < -0.4 is 0 Å². The predicted molar refractivity (Wildman–Crippen MR) is 131 cm³/mol. The summed E-state index contributed by atoms with van der Waals surface area (Å²) in [6, 6.07) is 15.2. The van der Waals surface area contributed by atoms with Crippen molar-refractivity contribution in [3.8, 4) is 0 Å². The van der Waals surface area contributed by atoms with E-state index in [2.05, 4.69) is 16.7 Å². The average molecular weight is 462 g/mol. The first-order valence-electron chi connectivity index (χ1n) is 11.5. The fourth-order valence-electron chi connectivity index (χ4n) is 4.65. The van der Waals surface area contributed by atoms with Crippen LogP contribution in [0.15, 0.2) is 48.5 Å². The maximum atomic E-state index is 12.8. The Morgan fingerprint density at radius 1 is 1.12 bits per heavy atom. The maximum absolute atomic E-state index is 12.8. The number of imide groups is 1. The van der Waals surface area contributed by atoms with Gasteiger partial charge in [-0.05, 0) is 63.4 Å². The van der Waals surface area contributed by atoms with Crippen molar-refractivity contribution in [3.63, 3.8) is 0 Å². The quantitative estimate of drug-likeness (QED) is 0.414. The number of carbonyl (C=O) groups excluding carboxylic acids is 3.